The van der Waals surface area contributed by atoms with Crippen LogP contribution < -0.4 is 15.4 Å². The highest BCUT2D eigenvalue weighted by atomic mass is 16.5. The Morgan fingerprint density at radius 2 is 1.87 bits per heavy atom. The monoisotopic (exact) mass is 419 g/mol. The van der Waals surface area contributed by atoms with Crippen molar-refractivity contribution >= 4 is 5.96 Å². The number of aliphatic hydroxyl groups is 1. The van der Waals surface area contributed by atoms with Crippen LogP contribution in [0.1, 0.15) is 46.3 Å². The average Bonchev–Trinajstić information content (AvgIpc) is 2.75. The molecule has 0 saturated carbocycles. The Morgan fingerprint density at radius 3 is 2.50 bits per heavy atom. The maximum absolute atomic E-state index is 10.6. The average molecular weight is 420 g/mol. The lowest BCUT2D eigenvalue weighted by molar-refractivity contribution is 0.109. The molecule has 1 saturated heterocycles. The number of hydrogen-bond donors (Lipinski definition) is 3. The summed E-state index contributed by atoms with van der Waals surface area (Å²) in [6.45, 7) is 18.0. The van der Waals surface area contributed by atoms with Crippen LogP contribution >= 0.6 is 0 Å². The zero-order chi connectivity index (χ0) is 21.9. The van der Waals surface area contributed by atoms with Gasteiger partial charge in [-0.3, -0.25) is 9.89 Å². The number of likely N-dealkylation sites (N-methyl/N-ethyl adjacent to an activating group) is 1. The van der Waals surface area contributed by atoms with Crippen LogP contribution in [-0.4, -0.2) is 85.4 Å². The van der Waals surface area contributed by atoms with Crippen molar-refractivity contribution < 1.29 is 9.84 Å². The molecule has 1 aliphatic rings. The molecule has 0 radical (unpaired) electrons. The molecular formula is C23H41N5O2. The van der Waals surface area contributed by atoms with Gasteiger partial charge in [-0.15, -0.1) is 0 Å². The van der Waals surface area contributed by atoms with E-state index in [2.05, 4.69) is 34.3 Å². The predicted octanol–water partition coefficient (Wildman–Crippen LogP) is 2.09. The number of nitrogens with one attached hydrogen (secondary N) is 2. The normalized spacial score (nSPS) is 18.3. The van der Waals surface area contributed by atoms with E-state index in [-0.39, 0.29) is 6.10 Å². The minimum Gasteiger partial charge on any atom is -0.491 e. The third-order valence-corrected chi connectivity index (χ3v) is 5.41. The van der Waals surface area contributed by atoms with Gasteiger partial charge in [0.05, 0.1) is 18.8 Å². The van der Waals surface area contributed by atoms with Crippen molar-refractivity contribution in [2.45, 2.75) is 52.9 Å². The molecule has 0 aromatic heterocycles. The van der Waals surface area contributed by atoms with Crippen molar-refractivity contribution in [3.63, 3.8) is 0 Å². The largest absolute Gasteiger partial charge is 0.491 e. The molecule has 7 heteroatoms. The molecule has 1 fully saturated rings. The standard InChI is InChI=1S/C23H41N5O2/c1-6-24-23(25-16-19(5)28-13-11-27(7-2)12-14-28)26-17-22(29)20-9-8-10-21(15-20)30-18(3)4/h8-10,15,18-19,22,29H,6-7,11-14,16-17H2,1-5H3,(H2,24,25,26). The van der Waals surface area contributed by atoms with E-state index in [0.29, 0.717) is 12.6 Å². The second kappa shape index (κ2) is 12.8. The summed E-state index contributed by atoms with van der Waals surface area (Å²) in [5.41, 5.74) is 0.832. The Labute approximate surface area is 182 Å². The molecule has 0 spiro atoms. The number of ether oxygens (including phenoxy) is 1. The molecule has 7 nitrogen and oxygen atoms in total. The highest BCUT2D eigenvalue weighted by molar-refractivity contribution is 5.79. The van der Waals surface area contributed by atoms with E-state index in [1.54, 1.807) is 0 Å². The van der Waals surface area contributed by atoms with Gasteiger partial charge in [0.15, 0.2) is 5.96 Å². The number of aliphatic hydroxyl groups excluding tert-OH is 1. The van der Waals surface area contributed by atoms with E-state index >= 15 is 0 Å². The fourth-order valence-corrected chi connectivity index (χ4v) is 3.58. The predicted molar refractivity (Wildman–Crippen MR) is 124 cm³/mol. The Hall–Kier alpha value is -1.83. The van der Waals surface area contributed by atoms with Crippen LogP contribution in [0.15, 0.2) is 29.3 Å². The van der Waals surface area contributed by atoms with Crippen LogP contribution in [-0.2, 0) is 0 Å². The van der Waals surface area contributed by atoms with Crippen molar-refractivity contribution in [2.75, 3.05) is 52.4 Å². The maximum Gasteiger partial charge on any atom is 0.191 e. The van der Waals surface area contributed by atoms with Gasteiger partial charge in [0.1, 0.15) is 5.75 Å². The molecule has 30 heavy (non-hydrogen) atoms. The first-order valence-electron chi connectivity index (χ1n) is 11.4. The first-order chi connectivity index (χ1) is 14.4. The first-order valence-corrected chi connectivity index (χ1v) is 11.4. The Bertz CT molecular complexity index is 644. The highest BCUT2D eigenvalue weighted by Crippen LogP contribution is 2.20. The van der Waals surface area contributed by atoms with Crippen molar-refractivity contribution in [3.05, 3.63) is 29.8 Å². The van der Waals surface area contributed by atoms with Crippen molar-refractivity contribution in [3.8, 4) is 5.75 Å². The molecular weight excluding hydrogens is 378 g/mol. The molecule has 1 aromatic rings. The molecule has 0 amide bonds. The third-order valence-electron chi connectivity index (χ3n) is 5.41. The smallest absolute Gasteiger partial charge is 0.191 e. The lowest BCUT2D eigenvalue weighted by Gasteiger charge is -2.37. The molecule has 1 heterocycles. The lowest BCUT2D eigenvalue weighted by Crippen LogP contribution is -2.50. The minimum absolute atomic E-state index is 0.106. The van der Waals surface area contributed by atoms with E-state index in [4.69, 9.17) is 9.73 Å². The lowest BCUT2D eigenvalue weighted by atomic mass is 10.1. The van der Waals surface area contributed by atoms with Crippen LogP contribution in [0.5, 0.6) is 5.75 Å². The third kappa shape index (κ3) is 8.13. The summed E-state index contributed by atoms with van der Waals surface area (Å²) in [5.74, 6) is 1.52. The van der Waals surface area contributed by atoms with Gasteiger partial charge in [-0.2, -0.15) is 0 Å². The van der Waals surface area contributed by atoms with Crippen molar-refractivity contribution in [1.29, 1.82) is 0 Å². The summed E-state index contributed by atoms with van der Waals surface area (Å²) in [5, 5.41) is 17.2. The molecule has 0 aliphatic carbocycles. The summed E-state index contributed by atoms with van der Waals surface area (Å²) in [6, 6.07) is 8.04. The summed E-state index contributed by atoms with van der Waals surface area (Å²) >= 11 is 0. The van der Waals surface area contributed by atoms with Crippen LogP contribution in [0.25, 0.3) is 0 Å². The number of hydrogen-bond acceptors (Lipinski definition) is 5. The van der Waals surface area contributed by atoms with Gasteiger partial charge in [0.25, 0.3) is 0 Å². The molecule has 0 bridgehead atoms. The van der Waals surface area contributed by atoms with E-state index < -0.39 is 6.10 Å². The topological polar surface area (TPSA) is 72.4 Å². The number of benzene rings is 1. The fourth-order valence-electron chi connectivity index (χ4n) is 3.58. The van der Waals surface area contributed by atoms with Crippen LogP contribution in [0.2, 0.25) is 0 Å². The zero-order valence-electron chi connectivity index (χ0n) is 19.4. The van der Waals surface area contributed by atoms with Gasteiger partial charge in [-0.25, -0.2) is 0 Å². The molecule has 3 N–H and O–H groups in total. The molecule has 1 aliphatic heterocycles. The molecule has 2 rings (SSSR count). The van der Waals surface area contributed by atoms with E-state index in [1.165, 1.54) is 0 Å². The first kappa shape index (κ1) is 24.4. The second-order valence-electron chi connectivity index (χ2n) is 8.17. The van der Waals surface area contributed by atoms with Gasteiger partial charge >= 0.3 is 0 Å². The summed E-state index contributed by atoms with van der Waals surface area (Å²) in [4.78, 5) is 9.75. The summed E-state index contributed by atoms with van der Waals surface area (Å²) in [6.07, 6.45) is -0.529. The Kier molecular flexibility index (Phi) is 10.4. The zero-order valence-corrected chi connectivity index (χ0v) is 19.4. The van der Waals surface area contributed by atoms with E-state index in [0.717, 1.165) is 63.1 Å². The second-order valence-corrected chi connectivity index (χ2v) is 8.17. The maximum atomic E-state index is 10.6. The van der Waals surface area contributed by atoms with E-state index in [9.17, 15) is 5.11 Å². The minimum atomic E-state index is -0.635. The van der Waals surface area contributed by atoms with Gasteiger partial charge < -0.3 is 25.4 Å². The molecule has 170 valence electrons. The number of rotatable bonds is 10. The van der Waals surface area contributed by atoms with E-state index in [1.807, 2.05) is 45.0 Å². The van der Waals surface area contributed by atoms with Gasteiger partial charge in [0.2, 0.25) is 0 Å². The summed E-state index contributed by atoms with van der Waals surface area (Å²) < 4.78 is 5.73. The molecule has 2 unspecified atom stereocenters. The van der Waals surface area contributed by atoms with Crippen LogP contribution in [0.4, 0.5) is 0 Å². The van der Waals surface area contributed by atoms with Gasteiger partial charge in [-0.05, 0) is 51.9 Å². The Balaban J connectivity index is 1.87. The highest BCUT2D eigenvalue weighted by Gasteiger charge is 2.20. The van der Waals surface area contributed by atoms with Crippen molar-refractivity contribution in [2.24, 2.45) is 4.99 Å². The number of guanidine groups is 1. The van der Waals surface area contributed by atoms with Crippen LogP contribution in [0.3, 0.4) is 0 Å². The molecule has 1 aromatic carbocycles. The number of piperazine rings is 1. The SMILES string of the molecule is CCNC(=NCC(C)N1CCN(CC)CC1)NCC(O)c1cccc(OC(C)C)c1. The quantitative estimate of drug-likeness (QED) is 0.398. The number of aliphatic imine (C=N–C) groups is 1. The van der Waals surface area contributed by atoms with Gasteiger partial charge in [-0.1, -0.05) is 19.1 Å². The Morgan fingerprint density at radius 1 is 1.13 bits per heavy atom. The van der Waals surface area contributed by atoms with Gasteiger partial charge in [0, 0.05) is 45.3 Å². The van der Waals surface area contributed by atoms with Crippen LogP contribution in [0, 0.1) is 0 Å². The number of nitrogens with zero attached hydrogens (tertiary/aromatic N) is 3. The fraction of sp³-hybridized carbons (Fsp3) is 0.696. The molecule has 2 atom stereocenters. The van der Waals surface area contributed by atoms with Crippen molar-refractivity contribution in [1.82, 2.24) is 20.4 Å². The summed E-state index contributed by atoms with van der Waals surface area (Å²) in [7, 11) is 0.